The summed E-state index contributed by atoms with van der Waals surface area (Å²) < 4.78 is 29.0. The van der Waals surface area contributed by atoms with Crippen molar-refractivity contribution >= 4 is 60.6 Å². The summed E-state index contributed by atoms with van der Waals surface area (Å²) in [6.45, 7) is 1.49. The lowest BCUT2D eigenvalue weighted by Gasteiger charge is -2.38. The van der Waals surface area contributed by atoms with Crippen LogP contribution in [0.4, 0.5) is 10.8 Å². The summed E-state index contributed by atoms with van der Waals surface area (Å²) >= 11 is 7.52. The van der Waals surface area contributed by atoms with Crippen molar-refractivity contribution in [3.05, 3.63) is 71.3 Å². The van der Waals surface area contributed by atoms with Gasteiger partial charge in [0.25, 0.3) is 10.0 Å². The van der Waals surface area contributed by atoms with E-state index in [9.17, 15) is 18.4 Å². The number of hydroxylamine groups is 2. The maximum absolute atomic E-state index is 12.9. The second kappa shape index (κ2) is 9.25. The van der Waals surface area contributed by atoms with Crippen molar-refractivity contribution in [1.29, 1.82) is 0 Å². The maximum Gasteiger partial charge on any atom is 0.263 e. The molecule has 1 amide bonds. The highest BCUT2D eigenvalue weighted by Crippen LogP contribution is 2.27. The number of nitrogens with zero attached hydrogens (tertiary/aromatic N) is 4. The molecule has 182 valence electrons. The Morgan fingerprint density at radius 2 is 1.89 bits per heavy atom. The van der Waals surface area contributed by atoms with E-state index in [4.69, 9.17) is 11.6 Å². The summed E-state index contributed by atoms with van der Waals surface area (Å²) in [6.07, 6.45) is 3.37. The molecule has 1 fully saturated rings. The van der Waals surface area contributed by atoms with E-state index in [1.54, 1.807) is 28.5 Å². The van der Waals surface area contributed by atoms with Gasteiger partial charge in [-0.2, -0.15) is 0 Å². The highest BCUT2D eigenvalue weighted by atomic mass is 35.5. The molecule has 3 heterocycles. The van der Waals surface area contributed by atoms with Gasteiger partial charge in [-0.15, -0.1) is 16.0 Å². The molecular weight excluding hydrogens is 510 g/mol. The van der Waals surface area contributed by atoms with E-state index in [1.807, 2.05) is 29.0 Å². The molecule has 2 N–H and O–H groups in total. The molecule has 5 rings (SSSR count). The lowest BCUT2D eigenvalue weighted by Crippen LogP contribution is -2.60. The van der Waals surface area contributed by atoms with Crippen LogP contribution >= 0.6 is 22.9 Å². The highest BCUT2D eigenvalue weighted by molar-refractivity contribution is 7.93. The summed E-state index contributed by atoms with van der Waals surface area (Å²) in [4.78, 5) is 18.7. The number of carbonyl (C=O) groups excluding carboxylic acids is 1. The quantitative estimate of drug-likeness (QED) is 0.368. The number of nitrogens with one attached hydrogen (secondary N) is 1. The number of quaternary nitrogens is 1. The Morgan fingerprint density at radius 1 is 1.14 bits per heavy atom. The molecule has 0 bridgehead atoms. The van der Waals surface area contributed by atoms with Crippen molar-refractivity contribution in [3.8, 4) is 0 Å². The summed E-state index contributed by atoms with van der Waals surface area (Å²) in [5, 5.41) is 14.7. The second-order valence-electron chi connectivity index (χ2n) is 8.31. The third-order valence-corrected chi connectivity index (χ3v) is 8.64. The molecule has 4 aromatic rings. The minimum Gasteiger partial charge on any atom is -0.337 e. The molecule has 2 aromatic carbocycles. The van der Waals surface area contributed by atoms with Gasteiger partial charge in [0.1, 0.15) is 19.6 Å². The molecule has 0 aliphatic carbocycles. The van der Waals surface area contributed by atoms with Gasteiger partial charge in [0, 0.05) is 35.3 Å². The topological polar surface area (TPSA) is 105 Å². The number of hydrogen-bond acceptors (Lipinski definition) is 6. The standard InChI is InChI=1S/C23H23ClN5O4S2/c24-20-3-1-2-17-8-10-28(22(17)20)16-21(30)27-11-13-29(31,14-12-27)18-4-6-19(7-5-18)35(32,33)26-23-25-9-15-34-23/h1-10,15,31H,11-14,16H2,(H,25,26)/q+1. The molecular formula is C23H23ClN5O4S2+. The Balaban J connectivity index is 1.24. The fourth-order valence-corrected chi connectivity index (χ4v) is 6.32. The zero-order chi connectivity index (χ0) is 24.6. The van der Waals surface area contributed by atoms with Crippen LogP contribution in [0.3, 0.4) is 0 Å². The number of hydrogen-bond donors (Lipinski definition) is 2. The number of sulfonamides is 1. The maximum atomic E-state index is 12.9. The Hall–Kier alpha value is -2.96. The minimum atomic E-state index is -3.77. The van der Waals surface area contributed by atoms with E-state index < -0.39 is 10.0 Å². The average molecular weight is 533 g/mol. The molecule has 1 aliphatic rings. The third kappa shape index (κ3) is 4.78. The number of aromatic nitrogens is 2. The van der Waals surface area contributed by atoms with E-state index in [0.29, 0.717) is 36.9 Å². The van der Waals surface area contributed by atoms with E-state index in [2.05, 4.69) is 9.71 Å². The van der Waals surface area contributed by atoms with Crippen molar-refractivity contribution in [1.82, 2.24) is 19.1 Å². The Bertz CT molecular complexity index is 1460. The van der Waals surface area contributed by atoms with Crippen molar-refractivity contribution in [2.45, 2.75) is 11.4 Å². The van der Waals surface area contributed by atoms with Gasteiger partial charge in [-0.3, -0.25) is 9.52 Å². The lowest BCUT2D eigenvalue weighted by atomic mass is 10.2. The van der Waals surface area contributed by atoms with Crippen molar-refractivity contribution < 1.29 is 18.4 Å². The van der Waals surface area contributed by atoms with Gasteiger partial charge >= 0.3 is 0 Å². The number of amides is 1. The van der Waals surface area contributed by atoms with Crippen LogP contribution in [0.1, 0.15) is 0 Å². The number of rotatable bonds is 6. The fourth-order valence-electron chi connectivity index (χ4n) is 4.25. The van der Waals surface area contributed by atoms with Crippen molar-refractivity contribution in [3.63, 3.8) is 0 Å². The normalized spacial score (nSPS) is 15.9. The molecule has 12 heteroatoms. The van der Waals surface area contributed by atoms with Crippen LogP contribution in [0, 0.1) is 0 Å². The lowest BCUT2D eigenvalue weighted by molar-refractivity contribution is -0.143. The van der Waals surface area contributed by atoms with Crippen LogP contribution in [-0.4, -0.2) is 60.2 Å². The largest absolute Gasteiger partial charge is 0.337 e. The molecule has 35 heavy (non-hydrogen) atoms. The van der Waals surface area contributed by atoms with E-state index in [0.717, 1.165) is 10.9 Å². The predicted octanol–water partition coefficient (Wildman–Crippen LogP) is 3.79. The molecule has 9 nitrogen and oxygen atoms in total. The zero-order valence-electron chi connectivity index (χ0n) is 18.5. The number of benzene rings is 2. The number of thiazole rings is 1. The first-order valence-corrected chi connectivity index (χ1v) is 13.6. The Labute approximate surface area is 211 Å². The second-order valence-corrected chi connectivity index (χ2v) is 11.3. The summed E-state index contributed by atoms with van der Waals surface area (Å²) in [5.41, 5.74) is 1.39. The number of halogens is 1. The van der Waals surface area contributed by atoms with Crippen LogP contribution < -0.4 is 9.37 Å². The van der Waals surface area contributed by atoms with E-state index >= 15 is 0 Å². The van der Waals surface area contributed by atoms with Crippen LogP contribution in [0.2, 0.25) is 5.02 Å². The molecule has 1 aliphatic heterocycles. The molecule has 2 aromatic heterocycles. The van der Waals surface area contributed by atoms with Gasteiger partial charge < -0.3 is 9.47 Å². The number of carbonyl (C=O) groups is 1. The molecule has 0 atom stereocenters. The first-order chi connectivity index (χ1) is 16.7. The number of fused-ring (bicyclic) bond motifs is 1. The predicted molar refractivity (Wildman–Crippen MR) is 136 cm³/mol. The van der Waals surface area contributed by atoms with Crippen LogP contribution in [0.15, 0.2) is 71.2 Å². The molecule has 0 unspecified atom stereocenters. The zero-order valence-corrected chi connectivity index (χ0v) is 20.9. The average Bonchev–Trinajstić information content (AvgIpc) is 3.50. The third-order valence-electron chi connectivity index (χ3n) is 6.16. The molecule has 0 radical (unpaired) electrons. The minimum absolute atomic E-state index is 0.0524. The van der Waals surface area contributed by atoms with Gasteiger partial charge in [0.15, 0.2) is 10.8 Å². The van der Waals surface area contributed by atoms with Crippen molar-refractivity contribution in [2.24, 2.45) is 0 Å². The SMILES string of the molecule is O=C(Cn1ccc2cccc(Cl)c21)N1CC[N+](O)(c2ccc(S(=O)(=O)Nc3nccs3)cc2)CC1. The Morgan fingerprint density at radius 3 is 2.57 bits per heavy atom. The summed E-state index contributed by atoms with van der Waals surface area (Å²) in [6, 6.07) is 13.7. The summed E-state index contributed by atoms with van der Waals surface area (Å²) in [7, 11) is -3.77. The molecule has 0 saturated carbocycles. The van der Waals surface area contributed by atoms with Crippen molar-refractivity contribution in [2.75, 3.05) is 30.9 Å². The van der Waals surface area contributed by atoms with Gasteiger partial charge in [-0.05, 0) is 24.3 Å². The van der Waals surface area contributed by atoms with Gasteiger partial charge in [0.2, 0.25) is 5.91 Å². The van der Waals surface area contributed by atoms with Crippen LogP contribution in [0.5, 0.6) is 0 Å². The van der Waals surface area contributed by atoms with E-state index in [1.165, 1.54) is 29.7 Å². The van der Waals surface area contributed by atoms with Gasteiger partial charge in [-0.1, -0.05) is 23.7 Å². The summed E-state index contributed by atoms with van der Waals surface area (Å²) in [5.74, 6) is -0.0524. The van der Waals surface area contributed by atoms with Gasteiger partial charge in [-0.25, -0.2) is 18.6 Å². The number of anilines is 1. The van der Waals surface area contributed by atoms with Crippen LogP contribution in [0.25, 0.3) is 10.9 Å². The number of para-hydroxylation sites is 1. The first-order valence-electron chi connectivity index (χ1n) is 10.9. The van der Waals surface area contributed by atoms with Crippen LogP contribution in [-0.2, 0) is 21.4 Å². The molecule has 0 spiro atoms. The van der Waals surface area contributed by atoms with Gasteiger partial charge in [0.05, 0.1) is 28.5 Å². The van der Waals surface area contributed by atoms with E-state index in [-0.39, 0.29) is 27.1 Å². The highest BCUT2D eigenvalue weighted by Gasteiger charge is 2.36. The monoisotopic (exact) mass is 532 g/mol. The Kier molecular flexibility index (Phi) is 6.28. The molecule has 1 saturated heterocycles. The smallest absolute Gasteiger partial charge is 0.263 e. The fraction of sp³-hybridized carbons (Fsp3) is 0.217. The first kappa shape index (κ1) is 23.8. The number of piperazine rings is 1.